The normalized spacial score (nSPS) is 13.7. The molecule has 0 aliphatic heterocycles. The minimum Gasteiger partial charge on any atom is -0.462 e. The molecule has 0 fully saturated rings. The van der Waals surface area contributed by atoms with Crippen LogP contribution in [0.4, 0.5) is 0 Å². The highest BCUT2D eigenvalue weighted by Gasteiger charge is 2.26. The van der Waals surface area contributed by atoms with E-state index in [9.17, 15) is 19.0 Å². The van der Waals surface area contributed by atoms with Crippen molar-refractivity contribution in [3.63, 3.8) is 0 Å². The van der Waals surface area contributed by atoms with Crippen LogP contribution in [0, 0.1) is 0 Å². The van der Waals surface area contributed by atoms with Crippen molar-refractivity contribution < 1.29 is 37.6 Å². The molecular weight excluding hydrogens is 1000 g/mol. The van der Waals surface area contributed by atoms with Gasteiger partial charge in [-0.3, -0.25) is 18.6 Å². The lowest BCUT2D eigenvalue weighted by atomic mass is 10.0. The van der Waals surface area contributed by atoms with Gasteiger partial charge in [0.2, 0.25) is 0 Å². The van der Waals surface area contributed by atoms with Crippen molar-refractivity contribution >= 4 is 19.8 Å². The van der Waals surface area contributed by atoms with Gasteiger partial charge in [0.25, 0.3) is 0 Å². The summed E-state index contributed by atoms with van der Waals surface area (Å²) in [5.41, 5.74) is 5.39. The van der Waals surface area contributed by atoms with Gasteiger partial charge in [-0.15, -0.1) is 0 Å². The van der Waals surface area contributed by atoms with Gasteiger partial charge in [0.1, 0.15) is 6.61 Å². The van der Waals surface area contributed by atoms with Crippen molar-refractivity contribution in [1.29, 1.82) is 0 Å². The van der Waals surface area contributed by atoms with Crippen LogP contribution in [0.15, 0.2) is 109 Å². The predicted molar refractivity (Wildman–Crippen MR) is 339 cm³/mol. The maximum Gasteiger partial charge on any atom is 0.472 e. The Morgan fingerprint density at radius 2 is 0.696 bits per heavy atom. The van der Waals surface area contributed by atoms with Crippen LogP contribution >= 0.6 is 7.82 Å². The molecule has 0 heterocycles. The summed E-state index contributed by atoms with van der Waals surface area (Å²) < 4.78 is 33.1. The zero-order valence-corrected chi connectivity index (χ0v) is 51.7. The van der Waals surface area contributed by atoms with E-state index in [1.165, 1.54) is 161 Å². The third-order valence-electron chi connectivity index (χ3n) is 13.6. The average molecular weight is 1120 g/mol. The van der Waals surface area contributed by atoms with E-state index in [1.54, 1.807) is 0 Å². The Hall–Kier alpha value is -3.33. The quantitative estimate of drug-likeness (QED) is 0.0264. The first-order valence-corrected chi connectivity index (χ1v) is 33.9. The minimum atomic E-state index is -4.40. The highest BCUT2D eigenvalue weighted by atomic mass is 31.2. The largest absolute Gasteiger partial charge is 0.472 e. The molecule has 2 atom stereocenters. The third-order valence-corrected chi connectivity index (χ3v) is 14.6. The highest BCUT2D eigenvalue weighted by Crippen LogP contribution is 2.43. The molecule has 10 heteroatoms. The Bertz CT molecular complexity index is 1660. The topological polar surface area (TPSA) is 134 Å². The Morgan fingerprint density at radius 1 is 0.392 bits per heavy atom. The molecule has 0 amide bonds. The first-order valence-electron chi connectivity index (χ1n) is 32.4. The van der Waals surface area contributed by atoms with E-state index in [2.05, 4.69) is 123 Å². The summed E-state index contributed by atoms with van der Waals surface area (Å²) in [5, 5.41) is 0. The Balaban J connectivity index is 3.95. The second kappa shape index (κ2) is 63.8. The summed E-state index contributed by atoms with van der Waals surface area (Å²) >= 11 is 0. The molecule has 0 saturated heterocycles. The van der Waals surface area contributed by atoms with Gasteiger partial charge in [-0.1, -0.05) is 277 Å². The summed E-state index contributed by atoms with van der Waals surface area (Å²) in [6, 6.07) is 0. The average Bonchev–Trinajstić information content (AvgIpc) is 3.44. The molecule has 0 aliphatic carbocycles. The van der Waals surface area contributed by atoms with Crippen LogP contribution in [-0.2, 0) is 32.7 Å². The molecule has 0 radical (unpaired) electrons. The van der Waals surface area contributed by atoms with Crippen molar-refractivity contribution in [2.24, 2.45) is 5.73 Å². The van der Waals surface area contributed by atoms with Crippen LogP contribution in [0.25, 0.3) is 0 Å². The number of carbonyl (C=O) groups is 2. The summed E-state index contributed by atoms with van der Waals surface area (Å²) in [6.07, 6.45) is 87.2. The van der Waals surface area contributed by atoms with Gasteiger partial charge < -0.3 is 20.1 Å². The van der Waals surface area contributed by atoms with E-state index in [0.29, 0.717) is 6.42 Å². The molecule has 0 bridgehead atoms. The molecule has 454 valence electrons. The number of hydrogen-bond acceptors (Lipinski definition) is 8. The number of hydrogen-bond donors (Lipinski definition) is 2. The molecule has 0 aliphatic rings. The standard InChI is InChI=1S/C69H120NO8P/c1-3-5-7-9-11-13-15-17-19-21-23-25-27-29-31-32-33-34-36-38-40-42-44-46-48-50-52-54-56-58-60-62-69(72)78-67(66-77-79(73,74)76-64-63-70)65-75-68(71)61-59-57-55-53-51-49-47-45-43-41-39-37-35-30-28-26-24-22-20-18-16-14-12-10-8-6-4-2/h5,7,11,13,16-19,22-25,28-31,33-34,67H,3-4,6,8-10,12,14-15,20-21,26-27,32,35-66,70H2,1-2H3,(H,73,74)/b7-5-,13-11-,18-16-,19-17-,24-22-,25-23-,30-28-,31-29-,34-33-. The van der Waals surface area contributed by atoms with Crippen LogP contribution in [-0.4, -0.2) is 49.3 Å². The summed E-state index contributed by atoms with van der Waals surface area (Å²) in [4.78, 5) is 35.3. The smallest absolute Gasteiger partial charge is 0.462 e. The lowest BCUT2D eigenvalue weighted by Crippen LogP contribution is -2.29. The fourth-order valence-electron chi connectivity index (χ4n) is 8.88. The van der Waals surface area contributed by atoms with Crippen molar-refractivity contribution in [3.05, 3.63) is 109 Å². The van der Waals surface area contributed by atoms with E-state index in [1.807, 2.05) is 0 Å². The van der Waals surface area contributed by atoms with Gasteiger partial charge in [-0.2, -0.15) is 0 Å². The molecule has 0 saturated carbocycles. The van der Waals surface area contributed by atoms with Crippen LogP contribution in [0.2, 0.25) is 0 Å². The number of nitrogens with two attached hydrogens (primary N) is 1. The van der Waals surface area contributed by atoms with Crippen LogP contribution in [0.1, 0.15) is 284 Å². The van der Waals surface area contributed by atoms with Crippen LogP contribution in [0.5, 0.6) is 0 Å². The Kier molecular flexibility index (Phi) is 61.2. The van der Waals surface area contributed by atoms with Crippen molar-refractivity contribution in [1.82, 2.24) is 0 Å². The van der Waals surface area contributed by atoms with E-state index in [-0.39, 0.29) is 38.6 Å². The number of ether oxygens (including phenoxy) is 2. The van der Waals surface area contributed by atoms with Gasteiger partial charge >= 0.3 is 19.8 Å². The van der Waals surface area contributed by atoms with Crippen LogP contribution < -0.4 is 5.73 Å². The molecule has 0 aromatic carbocycles. The van der Waals surface area contributed by atoms with E-state index < -0.39 is 26.5 Å². The SMILES string of the molecule is CC/C=C\C/C=C\C/C=C\C/C=C\C/C=C\C/C=C\CCCCCCCCCCCCCCC(=O)OC(COC(=O)CCCCCCCCCCCCCC/C=C\C/C=C\C/C=C\CCCCCCC)COP(=O)(O)OCCN. The second-order valence-electron chi connectivity index (χ2n) is 21.2. The van der Waals surface area contributed by atoms with Gasteiger partial charge in [-0.25, -0.2) is 4.57 Å². The predicted octanol–water partition coefficient (Wildman–Crippen LogP) is 21.0. The number of unbranched alkanes of at least 4 members (excludes halogenated alkanes) is 29. The lowest BCUT2D eigenvalue weighted by Gasteiger charge is -2.19. The van der Waals surface area contributed by atoms with Crippen molar-refractivity contribution in [3.8, 4) is 0 Å². The number of carbonyl (C=O) groups excluding carboxylic acids is 2. The van der Waals surface area contributed by atoms with Gasteiger partial charge in [-0.05, 0) is 103 Å². The first-order chi connectivity index (χ1) is 38.8. The van der Waals surface area contributed by atoms with E-state index in [0.717, 1.165) is 89.9 Å². The maximum absolute atomic E-state index is 12.7. The second-order valence-corrected chi connectivity index (χ2v) is 22.7. The molecule has 0 aromatic heterocycles. The zero-order chi connectivity index (χ0) is 57.3. The molecule has 0 aromatic rings. The number of phosphoric acid groups is 1. The minimum absolute atomic E-state index is 0.0487. The summed E-state index contributed by atoms with van der Waals surface area (Å²) in [7, 11) is -4.40. The van der Waals surface area contributed by atoms with E-state index >= 15 is 0 Å². The summed E-state index contributed by atoms with van der Waals surface area (Å²) in [5.74, 6) is -0.830. The molecule has 2 unspecified atom stereocenters. The monoisotopic (exact) mass is 1120 g/mol. The van der Waals surface area contributed by atoms with E-state index in [4.69, 9.17) is 24.3 Å². The number of esters is 2. The number of rotatable bonds is 60. The Morgan fingerprint density at radius 3 is 1.04 bits per heavy atom. The van der Waals surface area contributed by atoms with Gasteiger partial charge in [0, 0.05) is 19.4 Å². The van der Waals surface area contributed by atoms with Crippen LogP contribution in [0.3, 0.4) is 0 Å². The molecule has 0 rings (SSSR count). The molecule has 9 nitrogen and oxygen atoms in total. The number of allylic oxidation sites excluding steroid dienone is 18. The van der Waals surface area contributed by atoms with Gasteiger partial charge in [0.15, 0.2) is 6.10 Å². The first kappa shape index (κ1) is 75.7. The molecule has 0 spiro atoms. The zero-order valence-electron chi connectivity index (χ0n) is 50.8. The third kappa shape index (κ3) is 63.7. The fourth-order valence-corrected chi connectivity index (χ4v) is 9.65. The fraction of sp³-hybridized carbons (Fsp3) is 0.710. The van der Waals surface area contributed by atoms with Gasteiger partial charge in [0.05, 0.1) is 13.2 Å². The molecule has 3 N–H and O–H groups in total. The Labute approximate surface area is 486 Å². The van der Waals surface area contributed by atoms with Crippen molar-refractivity contribution in [2.45, 2.75) is 290 Å². The van der Waals surface area contributed by atoms with Crippen molar-refractivity contribution in [2.75, 3.05) is 26.4 Å². The highest BCUT2D eigenvalue weighted by molar-refractivity contribution is 7.47. The number of phosphoric ester groups is 1. The molecular formula is C69H120NO8P. The maximum atomic E-state index is 12.7. The molecule has 79 heavy (non-hydrogen) atoms. The summed E-state index contributed by atoms with van der Waals surface area (Å²) in [6.45, 7) is 3.63. The lowest BCUT2D eigenvalue weighted by molar-refractivity contribution is -0.161.